The number of anilines is 2. The fourth-order valence-corrected chi connectivity index (χ4v) is 4.40. The zero-order valence-electron chi connectivity index (χ0n) is 17.4. The molecule has 31 heavy (non-hydrogen) atoms. The molecule has 1 saturated heterocycles. The highest BCUT2D eigenvalue weighted by Crippen LogP contribution is 2.28. The third-order valence-corrected chi connectivity index (χ3v) is 6.04. The number of aryl methyl sites for hydroxylation is 2. The Balaban J connectivity index is 1.42. The summed E-state index contributed by atoms with van der Waals surface area (Å²) >= 11 is 0. The van der Waals surface area contributed by atoms with Crippen molar-refractivity contribution in [1.82, 2.24) is 15.0 Å². The Labute approximate surface area is 181 Å². The van der Waals surface area contributed by atoms with Gasteiger partial charge in [-0.3, -0.25) is 9.78 Å². The molecule has 0 radical (unpaired) electrons. The summed E-state index contributed by atoms with van der Waals surface area (Å²) in [6, 6.07) is 8.32. The number of ether oxygens (including phenoxy) is 1. The van der Waals surface area contributed by atoms with Crippen molar-refractivity contribution in [3.63, 3.8) is 0 Å². The Morgan fingerprint density at radius 2 is 1.94 bits per heavy atom. The lowest BCUT2D eigenvalue weighted by molar-refractivity contribution is 0.0988. The first-order chi connectivity index (χ1) is 15.2. The molecule has 2 aliphatic rings. The van der Waals surface area contributed by atoms with Gasteiger partial charge in [0.25, 0.3) is 0 Å². The predicted octanol–water partition coefficient (Wildman–Crippen LogP) is 2.87. The second-order valence-electron chi connectivity index (χ2n) is 8.03. The summed E-state index contributed by atoms with van der Waals surface area (Å²) in [6.07, 6.45) is 8.72. The van der Waals surface area contributed by atoms with E-state index in [2.05, 4.69) is 38.1 Å². The van der Waals surface area contributed by atoms with Gasteiger partial charge in [0.1, 0.15) is 5.69 Å². The van der Waals surface area contributed by atoms with Crippen LogP contribution in [0.2, 0.25) is 0 Å². The number of nitrogens with zero attached hydrogens (tertiary/aromatic N) is 4. The molecule has 2 aromatic heterocycles. The number of hydrogen-bond acceptors (Lipinski definition) is 7. The summed E-state index contributed by atoms with van der Waals surface area (Å²) in [5.74, 6) is 0.00208. The number of benzene rings is 1. The van der Waals surface area contributed by atoms with E-state index in [9.17, 15) is 4.79 Å². The molecule has 3 heterocycles. The van der Waals surface area contributed by atoms with E-state index in [4.69, 9.17) is 10.5 Å². The van der Waals surface area contributed by atoms with Crippen LogP contribution in [0.3, 0.4) is 0 Å². The summed E-state index contributed by atoms with van der Waals surface area (Å²) in [6.45, 7) is 2.94. The van der Waals surface area contributed by atoms with Crippen molar-refractivity contribution >= 4 is 17.3 Å². The number of fused-ring (bicyclic) bond motifs is 1. The first-order valence-electron chi connectivity index (χ1n) is 10.7. The van der Waals surface area contributed by atoms with Crippen LogP contribution in [0.4, 0.5) is 11.5 Å². The van der Waals surface area contributed by atoms with Crippen LogP contribution >= 0.6 is 0 Å². The molecule has 0 saturated carbocycles. The van der Waals surface area contributed by atoms with Gasteiger partial charge in [-0.2, -0.15) is 0 Å². The van der Waals surface area contributed by atoms with Crippen molar-refractivity contribution in [2.75, 3.05) is 36.9 Å². The maximum atomic E-state index is 13.2. The van der Waals surface area contributed by atoms with Crippen molar-refractivity contribution in [2.24, 2.45) is 0 Å². The summed E-state index contributed by atoms with van der Waals surface area (Å²) in [5, 5.41) is 0. The minimum atomic E-state index is -0.157. The van der Waals surface area contributed by atoms with Crippen LogP contribution in [0.25, 0.3) is 11.3 Å². The fourth-order valence-electron chi connectivity index (χ4n) is 4.40. The molecule has 1 aliphatic heterocycles. The quantitative estimate of drug-likeness (QED) is 0.640. The van der Waals surface area contributed by atoms with Crippen LogP contribution in [-0.2, 0) is 24.0 Å². The number of carbonyl (C=O) groups is 1. The van der Waals surface area contributed by atoms with Gasteiger partial charge in [-0.05, 0) is 42.5 Å². The molecular weight excluding hydrogens is 390 g/mol. The van der Waals surface area contributed by atoms with Gasteiger partial charge in [-0.15, -0.1) is 0 Å². The first kappa shape index (κ1) is 19.6. The number of carbonyl (C=O) groups excluding carboxylic acids is 1. The fraction of sp³-hybridized carbons (Fsp3) is 0.333. The van der Waals surface area contributed by atoms with E-state index in [0.29, 0.717) is 18.9 Å². The Bertz CT molecular complexity index is 1120. The molecule has 3 aromatic rings. The number of nitrogens with two attached hydrogens (primary N) is 1. The van der Waals surface area contributed by atoms with Gasteiger partial charge < -0.3 is 15.4 Å². The smallest absolute Gasteiger partial charge is 0.189 e. The summed E-state index contributed by atoms with van der Waals surface area (Å²) < 4.78 is 5.45. The third kappa shape index (κ3) is 4.01. The first-order valence-corrected chi connectivity index (χ1v) is 10.7. The van der Waals surface area contributed by atoms with Crippen LogP contribution < -0.4 is 10.6 Å². The van der Waals surface area contributed by atoms with Crippen molar-refractivity contribution in [2.45, 2.75) is 25.7 Å². The topological polar surface area (TPSA) is 94.2 Å². The number of nitrogen functional groups attached to an aromatic ring is 1. The molecule has 158 valence electrons. The maximum absolute atomic E-state index is 13.2. The molecule has 7 nitrogen and oxygen atoms in total. The predicted molar refractivity (Wildman–Crippen MR) is 119 cm³/mol. The van der Waals surface area contributed by atoms with Crippen LogP contribution in [0.5, 0.6) is 0 Å². The summed E-state index contributed by atoms with van der Waals surface area (Å²) in [7, 11) is 0. The lowest BCUT2D eigenvalue weighted by atomic mass is 10.0. The number of ketones is 1. The van der Waals surface area contributed by atoms with Crippen LogP contribution in [0.1, 0.15) is 33.6 Å². The average Bonchev–Trinajstić information content (AvgIpc) is 3.28. The lowest BCUT2D eigenvalue weighted by Crippen LogP contribution is -2.37. The highest BCUT2D eigenvalue weighted by atomic mass is 16.5. The summed E-state index contributed by atoms with van der Waals surface area (Å²) in [5.41, 5.74) is 12.5. The molecule has 1 fully saturated rings. The highest BCUT2D eigenvalue weighted by molar-refractivity contribution is 6.00. The molecule has 1 aliphatic carbocycles. The Morgan fingerprint density at radius 3 is 2.81 bits per heavy atom. The van der Waals surface area contributed by atoms with Crippen LogP contribution in [0.15, 0.2) is 42.9 Å². The standard InChI is InChI=1S/C24H25N5O2/c25-24-23(28-20(15-27-24)18-5-4-16-2-1-3-17(16)12-18)22(30)13-19-14-26-7-6-21(19)29-8-10-31-11-9-29/h4-7,12,14-15H,1-3,8-11,13H2,(H2,25,27). The van der Waals surface area contributed by atoms with Gasteiger partial charge in [-0.1, -0.05) is 12.1 Å². The van der Waals surface area contributed by atoms with E-state index in [1.807, 2.05) is 6.07 Å². The number of aromatic nitrogens is 3. The normalized spacial score (nSPS) is 15.7. The van der Waals surface area contributed by atoms with Crippen molar-refractivity contribution in [1.29, 1.82) is 0 Å². The third-order valence-electron chi connectivity index (χ3n) is 6.04. The number of hydrogen-bond donors (Lipinski definition) is 1. The highest BCUT2D eigenvalue weighted by Gasteiger charge is 2.21. The molecule has 0 amide bonds. The summed E-state index contributed by atoms with van der Waals surface area (Å²) in [4.78, 5) is 28.5. The minimum absolute atomic E-state index is 0.157. The Kier molecular flexibility index (Phi) is 5.34. The molecule has 7 heteroatoms. The monoisotopic (exact) mass is 415 g/mol. The molecule has 0 unspecified atom stereocenters. The molecular formula is C24H25N5O2. The van der Waals surface area contributed by atoms with E-state index in [0.717, 1.165) is 42.7 Å². The van der Waals surface area contributed by atoms with Crippen molar-refractivity contribution in [3.8, 4) is 11.3 Å². The molecule has 5 rings (SSSR count). The van der Waals surface area contributed by atoms with Gasteiger partial charge >= 0.3 is 0 Å². The van der Waals surface area contributed by atoms with E-state index in [1.165, 1.54) is 17.5 Å². The van der Waals surface area contributed by atoms with Crippen molar-refractivity contribution in [3.05, 3.63) is 65.2 Å². The lowest BCUT2D eigenvalue weighted by Gasteiger charge is -2.30. The number of morpholine rings is 1. The minimum Gasteiger partial charge on any atom is -0.382 e. The van der Waals surface area contributed by atoms with E-state index >= 15 is 0 Å². The largest absolute Gasteiger partial charge is 0.382 e. The molecule has 2 N–H and O–H groups in total. The van der Waals surface area contributed by atoms with E-state index in [-0.39, 0.29) is 23.7 Å². The van der Waals surface area contributed by atoms with Gasteiger partial charge in [-0.25, -0.2) is 9.97 Å². The molecule has 0 atom stereocenters. The van der Waals surface area contributed by atoms with Gasteiger partial charge in [0, 0.05) is 48.7 Å². The second kappa shape index (κ2) is 8.43. The maximum Gasteiger partial charge on any atom is 0.189 e. The SMILES string of the molecule is Nc1ncc(-c2ccc3c(c2)CCC3)nc1C(=O)Cc1cnccc1N1CCOCC1. The zero-order chi connectivity index (χ0) is 21.2. The van der Waals surface area contributed by atoms with Gasteiger partial charge in [0.05, 0.1) is 25.1 Å². The van der Waals surface area contributed by atoms with Crippen LogP contribution in [0, 0.1) is 0 Å². The number of pyridine rings is 1. The van der Waals surface area contributed by atoms with Gasteiger partial charge in [0.15, 0.2) is 11.6 Å². The Morgan fingerprint density at radius 1 is 1.10 bits per heavy atom. The van der Waals surface area contributed by atoms with Crippen LogP contribution in [-0.4, -0.2) is 47.0 Å². The van der Waals surface area contributed by atoms with Crippen molar-refractivity contribution < 1.29 is 9.53 Å². The number of Topliss-reactive ketones (excluding diaryl/α,β-unsaturated/α-hetero) is 1. The second-order valence-corrected chi connectivity index (χ2v) is 8.03. The Hall–Kier alpha value is -3.32. The number of rotatable bonds is 5. The van der Waals surface area contributed by atoms with Gasteiger partial charge in [0.2, 0.25) is 0 Å². The molecule has 1 aromatic carbocycles. The molecule has 0 bridgehead atoms. The average molecular weight is 415 g/mol. The molecule has 0 spiro atoms. The van der Waals surface area contributed by atoms with E-state index in [1.54, 1.807) is 18.6 Å². The zero-order valence-corrected chi connectivity index (χ0v) is 17.4. The van der Waals surface area contributed by atoms with E-state index < -0.39 is 0 Å².